The first-order valence-corrected chi connectivity index (χ1v) is 7.11. The zero-order valence-corrected chi connectivity index (χ0v) is 13.0. The first-order chi connectivity index (χ1) is 11.0. The number of oxazole rings is 1. The maximum atomic E-state index is 12.5. The predicted octanol–water partition coefficient (Wildman–Crippen LogP) is 1.44. The van der Waals surface area contributed by atoms with Crippen LogP contribution in [-0.2, 0) is 11.3 Å². The topological polar surface area (TPSA) is 91.6 Å². The number of carbonyl (C=O) groups is 1. The van der Waals surface area contributed by atoms with Crippen molar-refractivity contribution in [3.8, 4) is 0 Å². The van der Waals surface area contributed by atoms with E-state index < -0.39 is 5.97 Å². The average molecular weight is 316 g/mol. The fraction of sp³-hybridized carbons (Fsp3) is 0.333. The molecule has 0 unspecified atom stereocenters. The Balaban J connectivity index is 2.02. The highest BCUT2D eigenvalue weighted by Gasteiger charge is 2.16. The molecule has 0 saturated heterocycles. The number of nitrogens with zero attached hydrogens (tertiary/aromatic N) is 4. The molecule has 120 valence electrons. The molecular formula is C15H16N4O4. The maximum Gasteiger partial charge on any atom is 0.350 e. The molecule has 0 radical (unpaired) electrons. The summed E-state index contributed by atoms with van der Waals surface area (Å²) in [6.07, 6.45) is 2.78. The summed E-state index contributed by atoms with van der Waals surface area (Å²) < 4.78 is 12.6. The molecule has 0 aliphatic rings. The monoisotopic (exact) mass is 316 g/mol. The van der Waals surface area contributed by atoms with E-state index in [1.54, 1.807) is 12.1 Å². The van der Waals surface area contributed by atoms with E-state index >= 15 is 0 Å². The van der Waals surface area contributed by atoms with E-state index in [1.807, 2.05) is 13.8 Å². The molecule has 0 fully saturated rings. The number of pyridine rings is 1. The number of methoxy groups -OCH3 is 1. The van der Waals surface area contributed by atoms with Crippen molar-refractivity contribution in [2.24, 2.45) is 0 Å². The highest BCUT2D eigenvalue weighted by atomic mass is 16.5. The Morgan fingerprint density at radius 1 is 1.39 bits per heavy atom. The minimum Gasteiger partial charge on any atom is -0.465 e. The van der Waals surface area contributed by atoms with Gasteiger partial charge in [-0.3, -0.25) is 0 Å². The second-order valence-electron chi connectivity index (χ2n) is 5.40. The van der Waals surface area contributed by atoms with Crippen molar-refractivity contribution in [2.75, 3.05) is 7.11 Å². The second kappa shape index (κ2) is 5.71. The lowest BCUT2D eigenvalue weighted by molar-refractivity contribution is 0.0600. The number of fused-ring (bicyclic) bond motifs is 1. The number of hydrogen-bond donors (Lipinski definition) is 0. The zero-order valence-electron chi connectivity index (χ0n) is 13.0. The summed E-state index contributed by atoms with van der Waals surface area (Å²) in [5.41, 5.74) is 1.03. The summed E-state index contributed by atoms with van der Waals surface area (Å²) in [6.45, 7) is 4.18. The molecule has 0 amide bonds. The quantitative estimate of drug-likeness (QED) is 0.676. The van der Waals surface area contributed by atoms with Gasteiger partial charge in [-0.05, 0) is 12.1 Å². The standard InChI is InChI=1S/C15H16N4O4/c1-9(2)13-11(16-8-23-13)7-19-15(21)18-6-10(14(20)22-3)4-5-12(18)17-19/h4-6,8-9H,7H2,1-3H3. The number of hydrogen-bond acceptors (Lipinski definition) is 6. The Labute approximate surface area is 131 Å². The Morgan fingerprint density at radius 3 is 2.87 bits per heavy atom. The first kappa shape index (κ1) is 15.0. The van der Waals surface area contributed by atoms with Gasteiger partial charge in [0.25, 0.3) is 0 Å². The van der Waals surface area contributed by atoms with Crippen molar-refractivity contribution in [2.45, 2.75) is 26.3 Å². The molecule has 3 aromatic heterocycles. The van der Waals surface area contributed by atoms with Crippen molar-refractivity contribution < 1.29 is 13.9 Å². The van der Waals surface area contributed by atoms with E-state index in [0.29, 0.717) is 11.3 Å². The number of aromatic nitrogens is 4. The van der Waals surface area contributed by atoms with Gasteiger partial charge in [0.15, 0.2) is 12.0 Å². The van der Waals surface area contributed by atoms with Gasteiger partial charge in [0.2, 0.25) is 0 Å². The van der Waals surface area contributed by atoms with Crippen molar-refractivity contribution in [1.29, 1.82) is 0 Å². The Hall–Kier alpha value is -2.90. The molecule has 0 aromatic carbocycles. The minimum absolute atomic E-state index is 0.158. The van der Waals surface area contributed by atoms with E-state index in [-0.39, 0.29) is 23.7 Å². The summed E-state index contributed by atoms with van der Waals surface area (Å²) >= 11 is 0. The van der Waals surface area contributed by atoms with E-state index in [2.05, 4.69) is 14.8 Å². The summed E-state index contributed by atoms with van der Waals surface area (Å²) in [6, 6.07) is 3.16. The van der Waals surface area contributed by atoms with Crippen LogP contribution in [0.15, 0.2) is 33.9 Å². The highest BCUT2D eigenvalue weighted by molar-refractivity contribution is 5.89. The molecule has 3 aromatic rings. The van der Waals surface area contributed by atoms with Gasteiger partial charge < -0.3 is 9.15 Å². The average Bonchev–Trinajstić information content (AvgIpc) is 3.12. The molecule has 0 atom stereocenters. The van der Waals surface area contributed by atoms with Crippen LogP contribution >= 0.6 is 0 Å². The minimum atomic E-state index is -0.509. The van der Waals surface area contributed by atoms with Crippen molar-refractivity contribution in [1.82, 2.24) is 19.2 Å². The molecule has 0 N–H and O–H groups in total. The van der Waals surface area contributed by atoms with Crippen molar-refractivity contribution in [3.63, 3.8) is 0 Å². The van der Waals surface area contributed by atoms with E-state index in [1.165, 1.54) is 28.8 Å². The molecule has 8 heteroatoms. The smallest absolute Gasteiger partial charge is 0.350 e. The van der Waals surface area contributed by atoms with Gasteiger partial charge in [-0.15, -0.1) is 5.10 Å². The van der Waals surface area contributed by atoms with Gasteiger partial charge in [-0.2, -0.15) is 0 Å². The Bertz CT molecular complexity index is 919. The largest absolute Gasteiger partial charge is 0.465 e. The molecule has 8 nitrogen and oxygen atoms in total. The van der Waals surface area contributed by atoms with Crippen LogP contribution in [0.1, 0.15) is 41.6 Å². The molecule has 0 spiro atoms. The molecule has 3 rings (SSSR count). The number of carbonyl (C=O) groups excluding carboxylic acids is 1. The third-order valence-electron chi connectivity index (χ3n) is 3.49. The number of rotatable bonds is 4. The van der Waals surface area contributed by atoms with Crippen LogP contribution in [0.3, 0.4) is 0 Å². The van der Waals surface area contributed by atoms with Gasteiger partial charge in [0, 0.05) is 12.1 Å². The molecular weight excluding hydrogens is 300 g/mol. The normalized spacial score (nSPS) is 11.3. The van der Waals surface area contributed by atoms with Gasteiger partial charge in [0.05, 0.1) is 19.2 Å². The summed E-state index contributed by atoms with van der Waals surface area (Å²) in [7, 11) is 1.29. The Morgan fingerprint density at radius 2 is 2.17 bits per heavy atom. The van der Waals surface area contributed by atoms with Crippen molar-refractivity contribution in [3.05, 3.63) is 52.2 Å². The van der Waals surface area contributed by atoms with Crippen LogP contribution in [0, 0.1) is 0 Å². The van der Waals surface area contributed by atoms with Crippen LogP contribution in [-0.4, -0.2) is 32.2 Å². The summed E-state index contributed by atoms with van der Waals surface area (Å²) in [4.78, 5) is 28.2. The lowest BCUT2D eigenvalue weighted by Crippen LogP contribution is -2.22. The molecule has 3 heterocycles. The third kappa shape index (κ3) is 2.63. The van der Waals surface area contributed by atoms with E-state index in [9.17, 15) is 9.59 Å². The SMILES string of the molecule is COC(=O)c1ccc2nn(Cc3ncoc3C(C)C)c(=O)n2c1. The molecule has 0 aliphatic heterocycles. The maximum absolute atomic E-state index is 12.5. The van der Waals surface area contributed by atoms with Crippen molar-refractivity contribution >= 4 is 11.6 Å². The van der Waals surface area contributed by atoms with Gasteiger partial charge >= 0.3 is 11.7 Å². The fourth-order valence-corrected chi connectivity index (χ4v) is 2.37. The summed E-state index contributed by atoms with van der Waals surface area (Å²) in [5, 5.41) is 4.25. The molecule has 0 aliphatic carbocycles. The zero-order chi connectivity index (χ0) is 16.6. The van der Waals surface area contributed by atoms with Crippen LogP contribution in [0.25, 0.3) is 5.65 Å². The van der Waals surface area contributed by atoms with Gasteiger partial charge in [-0.25, -0.2) is 23.7 Å². The molecule has 0 bridgehead atoms. The van der Waals surface area contributed by atoms with Crippen LogP contribution < -0.4 is 5.69 Å². The van der Waals surface area contributed by atoms with Gasteiger partial charge in [0.1, 0.15) is 11.5 Å². The van der Waals surface area contributed by atoms with E-state index in [4.69, 9.17) is 4.42 Å². The number of ether oxygens (including phenoxy) is 1. The summed E-state index contributed by atoms with van der Waals surface area (Å²) in [5.74, 6) is 0.375. The molecule has 23 heavy (non-hydrogen) atoms. The Kier molecular flexibility index (Phi) is 3.73. The highest BCUT2D eigenvalue weighted by Crippen LogP contribution is 2.18. The molecule has 0 saturated carbocycles. The number of esters is 1. The van der Waals surface area contributed by atoms with Gasteiger partial charge in [-0.1, -0.05) is 13.8 Å². The third-order valence-corrected chi connectivity index (χ3v) is 3.49. The van der Waals surface area contributed by atoms with Crippen LogP contribution in [0.4, 0.5) is 0 Å². The first-order valence-electron chi connectivity index (χ1n) is 7.11. The fourth-order valence-electron chi connectivity index (χ4n) is 2.37. The second-order valence-corrected chi connectivity index (χ2v) is 5.40. The lowest BCUT2D eigenvalue weighted by Gasteiger charge is -2.02. The lowest BCUT2D eigenvalue weighted by atomic mass is 10.1. The predicted molar refractivity (Wildman–Crippen MR) is 80.5 cm³/mol. The van der Waals surface area contributed by atoms with Crippen LogP contribution in [0.5, 0.6) is 0 Å². The van der Waals surface area contributed by atoms with Crippen LogP contribution in [0.2, 0.25) is 0 Å². The van der Waals surface area contributed by atoms with E-state index in [0.717, 1.165) is 5.76 Å².